The molecular weight excluding hydrogens is 383 g/mol. The first-order valence-electron chi connectivity index (χ1n) is 8.16. The molecule has 9 heteroatoms. The van der Waals surface area contributed by atoms with Gasteiger partial charge in [-0.25, -0.2) is 5.01 Å². The van der Waals surface area contributed by atoms with Crippen molar-refractivity contribution in [2.75, 3.05) is 6.61 Å². The largest absolute Gasteiger partial charge is 0.459 e. The molecule has 1 aromatic carbocycles. The average Bonchev–Trinajstić information content (AvgIpc) is 2.91. The second-order valence-electron chi connectivity index (χ2n) is 6.19. The molecule has 2 heterocycles. The fourth-order valence-corrected chi connectivity index (χ4v) is 3.19. The molecule has 144 valence electrons. The van der Waals surface area contributed by atoms with E-state index in [2.05, 4.69) is 10.4 Å². The van der Waals surface area contributed by atoms with Gasteiger partial charge in [0.05, 0.1) is 17.0 Å². The summed E-state index contributed by atoms with van der Waals surface area (Å²) in [6.07, 6.45) is -1.19. The first-order valence-corrected chi connectivity index (χ1v) is 8.53. The molecule has 0 fully saturated rings. The monoisotopic (exact) mass is 399 g/mol. The highest BCUT2D eigenvalue weighted by Crippen LogP contribution is 2.35. The van der Waals surface area contributed by atoms with Gasteiger partial charge in [0, 0.05) is 13.3 Å². The second-order valence-corrected chi connectivity index (χ2v) is 6.57. The van der Waals surface area contributed by atoms with Gasteiger partial charge in [-0.1, -0.05) is 23.7 Å². The highest BCUT2D eigenvalue weighted by atomic mass is 35.5. The van der Waals surface area contributed by atoms with Crippen LogP contribution in [0.15, 0.2) is 46.8 Å². The van der Waals surface area contributed by atoms with Crippen molar-refractivity contribution in [2.45, 2.75) is 32.6 Å². The van der Waals surface area contributed by atoms with Crippen LogP contribution in [0.3, 0.4) is 0 Å². The number of benzene rings is 1. The van der Waals surface area contributed by atoms with Crippen LogP contribution < -0.4 is 5.32 Å². The summed E-state index contributed by atoms with van der Waals surface area (Å²) in [5, 5.41) is 9.25. The Morgan fingerprint density at radius 1 is 1.41 bits per heavy atom. The molecule has 0 aromatic heterocycles. The van der Waals surface area contributed by atoms with Crippen LogP contribution in [-0.4, -0.2) is 28.9 Å². The maximum absolute atomic E-state index is 13.2. The lowest BCUT2D eigenvalue weighted by Crippen LogP contribution is -2.35. The summed E-state index contributed by atoms with van der Waals surface area (Å²) >= 11 is 5.98. The van der Waals surface area contributed by atoms with Crippen LogP contribution in [0.4, 0.5) is 13.2 Å². The predicted octanol–water partition coefficient (Wildman–Crippen LogP) is 3.68. The molecule has 0 radical (unpaired) electrons. The molecule has 0 bridgehead atoms. The maximum Gasteiger partial charge on any atom is 0.416 e. The zero-order chi connectivity index (χ0) is 19.8. The van der Waals surface area contributed by atoms with Crippen molar-refractivity contribution in [1.29, 1.82) is 0 Å². The fraction of sp³-hybridized carbons (Fsp3) is 0.333. The van der Waals surface area contributed by atoms with Crippen molar-refractivity contribution in [2.24, 2.45) is 5.10 Å². The Hall–Kier alpha value is -2.48. The molecule has 1 unspecified atom stereocenters. The molecule has 5 nitrogen and oxygen atoms in total. The number of hydrogen-bond donors (Lipinski definition) is 1. The van der Waals surface area contributed by atoms with Gasteiger partial charge in [0.1, 0.15) is 17.9 Å². The van der Waals surface area contributed by atoms with Gasteiger partial charge < -0.3 is 10.1 Å². The van der Waals surface area contributed by atoms with Crippen molar-refractivity contribution in [1.82, 2.24) is 10.3 Å². The van der Waals surface area contributed by atoms with E-state index >= 15 is 0 Å². The number of rotatable bonds is 4. The van der Waals surface area contributed by atoms with Crippen molar-refractivity contribution in [3.63, 3.8) is 0 Å². The van der Waals surface area contributed by atoms with Crippen molar-refractivity contribution >= 4 is 22.7 Å². The Morgan fingerprint density at radius 3 is 2.81 bits per heavy atom. The van der Waals surface area contributed by atoms with E-state index in [1.165, 1.54) is 19.9 Å². The number of allylic oxidation sites excluding steroid dienone is 2. The summed E-state index contributed by atoms with van der Waals surface area (Å²) in [5.41, 5.74) is 1.15. The molecule has 0 saturated carbocycles. The molecule has 3 rings (SSSR count). The number of carbonyl (C=O) groups is 1. The number of nitrogens with one attached hydrogen (secondary N) is 1. The highest BCUT2D eigenvalue weighted by Gasteiger charge is 2.35. The number of hydrogen-bond acceptors (Lipinski definition) is 5. The SMILES string of the molecule is CC(=O)OCC1=C(Cc2cccc(C(F)(F)F)c2C)N2N=C(Cl)C=CC2N1. The van der Waals surface area contributed by atoms with Crippen LogP contribution in [0.5, 0.6) is 0 Å². The summed E-state index contributed by atoms with van der Waals surface area (Å²) < 4.78 is 44.7. The lowest BCUT2D eigenvalue weighted by atomic mass is 9.98. The molecule has 1 N–H and O–H groups in total. The predicted molar refractivity (Wildman–Crippen MR) is 94.7 cm³/mol. The number of nitrogens with zero attached hydrogens (tertiary/aromatic N) is 2. The number of halogens is 4. The lowest BCUT2D eigenvalue weighted by Gasteiger charge is -2.25. The van der Waals surface area contributed by atoms with E-state index in [1.807, 2.05) is 0 Å². The van der Waals surface area contributed by atoms with Crippen LogP contribution in [0, 0.1) is 6.92 Å². The van der Waals surface area contributed by atoms with E-state index in [1.54, 1.807) is 23.2 Å². The first kappa shape index (κ1) is 19.3. The van der Waals surface area contributed by atoms with Crippen molar-refractivity contribution in [3.8, 4) is 0 Å². The van der Waals surface area contributed by atoms with Gasteiger partial charge in [-0.3, -0.25) is 4.79 Å². The van der Waals surface area contributed by atoms with E-state index in [4.69, 9.17) is 16.3 Å². The van der Waals surface area contributed by atoms with E-state index in [0.29, 0.717) is 17.0 Å². The van der Waals surface area contributed by atoms with E-state index in [0.717, 1.165) is 6.07 Å². The number of esters is 1. The summed E-state index contributed by atoms with van der Waals surface area (Å²) in [5.74, 6) is -0.458. The zero-order valence-corrected chi connectivity index (χ0v) is 15.4. The molecule has 0 amide bonds. The molecule has 0 aliphatic carbocycles. The van der Waals surface area contributed by atoms with Gasteiger partial charge >= 0.3 is 12.1 Å². The number of alkyl halides is 3. The standard InChI is InChI=1S/C18H17ClF3N3O2/c1-10-12(4-3-5-13(10)18(20,21)22)8-15-14(9-27-11(2)26)23-17-7-6-16(19)24-25(15)17/h3-7,17,23H,8-9H2,1-2H3. The third kappa shape index (κ3) is 4.10. The topological polar surface area (TPSA) is 53.9 Å². The van der Waals surface area contributed by atoms with Crippen LogP contribution in [0.2, 0.25) is 0 Å². The molecule has 27 heavy (non-hydrogen) atoms. The van der Waals surface area contributed by atoms with Crippen LogP contribution in [0.1, 0.15) is 23.6 Å². The normalized spacial score (nSPS) is 19.0. The molecular formula is C18H17ClF3N3O2. The number of fused-ring (bicyclic) bond motifs is 1. The molecule has 1 aromatic rings. The first-order chi connectivity index (χ1) is 12.7. The van der Waals surface area contributed by atoms with Crippen LogP contribution in [0.25, 0.3) is 0 Å². The Bertz CT molecular complexity index is 862. The fourth-order valence-electron chi connectivity index (χ4n) is 3.04. The Kier molecular flexibility index (Phi) is 5.19. The summed E-state index contributed by atoms with van der Waals surface area (Å²) in [6.45, 7) is 2.70. The zero-order valence-electron chi connectivity index (χ0n) is 14.6. The van der Waals surface area contributed by atoms with Gasteiger partial charge in [-0.15, -0.1) is 0 Å². The third-order valence-corrected chi connectivity index (χ3v) is 4.56. The number of ether oxygens (including phenoxy) is 1. The molecule has 2 aliphatic heterocycles. The van der Waals surface area contributed by atoms with E-state index < -0.39 is 17.7 Å². The highest BCUT2D eigenvalue weighted by molar-refractivity contribution is 6.68. The molecule has 0 saturated heterocycles. The van der Waals surface area contributed by atoms with Crippen molar-refractivity contribution in [3.05, 3.63) is 58.4 Å². The van der Waals surface area contributed by atoms with Gasteiger partial charge in [0.2, 0.25) is 0 Å². The van der Waals surface area contributed by atoms with Gasteiger partial charge in [0.25, 0.3) is 0 Å². The van der Waals surface area contributed by atoms with Gasteiger partial charge in [0.15, 0.2) is 0 Å². The van der Waals surface area contributed by atoms with Gasteiger partial charge in [-0.2, -0.15) is 18.3 Å². The van der Waals surface area contributed by atoms with Crippen LogP contribution in [-0.2, 0) is 22.1 Å². The van der Waals surface area contributed by atoms with E-state index in [-0.39, 0.29) is 29.9 Å². The summed E-state index contributed by atoms with van der Waals surface area (Å²) in [6, 6.07) is 4.07. The minimum atomic E-state index is -4.43. The average molecular weight is 400 g/mol. The smallest absolute Gasteiger partial charge is 0.416 e. The number of carbonyl (C=O) groups excluding carboxylic acids is 1. The minimum absolute atomic E-state index is 0.0311. The summed E-state index contributed by atoms with van der Waals surface area (Å²) in [7, 11) is 0. The second kappa shape index (κ2) is 7.26. The quantitative estimate of drug-likeness (QED) is 0.785. The maximum atomic E-state index is 13.2. The third-order valence-electron chi connectivity index (χ3n) is 4.36. The Balaban J connectivity index is 1.97. The molecule has 2 aliphatic rings. The van der Waals surface area contributed by atoms with E-state index in [9.17, 15) is 18.0 Å². The van der Waals surface area contributed by atoms with Crippen LogP contribution >= 0.6 is 11.6 Å². The lowest BCUT2D eigenvalue weighted by molar-refractivity contribution is -0.140. The Morgan fingerprint density at radius 2 is 2.15 bits per heavy atom. The number of hydrazone groups is 1. The minimum Gasteiger partial charge on any atom is -0.459 e. The Labute approximate surface area is 159 Å². The molecule has 0 spiro atoms. The van der Waals surface area contributed by atoms with Gasteiger partial charge in [-0.05, 0) is 36.3 Å². The van der Waals surface area contributed by atoms with Crippen molar-refractivity contribution < 1.29 is 22.7 Å². The summed E-state index contributed by atoms with van der Waals surface area (Å²) in [4.78, 5) is 11.2. The molecule has 1 atom stereocenters.